The smallest absolute Gasteiger partial charge is 0.257 e. The van der Waals surface area contributed by atoms with E-state index in [0.717, 1.165) is 42.8 Å². The van der Waals surface area contributed by atoms with E-state index >= 15 is 0 Å². The minimum atomic E-state index is 0.222. The number of aliphatic hydroxyl groups excluding tert-OH is 1. The van der Waals surface area contributed by atoms with Crippen LogP contribution in [0.2, 0.25) is 0 Å². The number of para-hydroxylation sites is 2. The van der Waals surface area contributed by atoms with E-state index in [-0.39, 0.29) is 6.61 Å². The molecule has 1 aromatic heterocycles. The van der Waals surface area contributed by atoms with Crippen molar-refractivity contribution in [1.29, 1.82) is 0 Å². The van der Waals surface area contributed by atoms with E-state index in [1.54, 1.807) is 7.11 Å². The lowest BCUT2D eigenvalue weighted by atomic mass is 9.99. The molecule has 0 spiro atoms. The first-order valence-corrected chi connectivity index (χ1v) is 6.98. The number of hydrogen-bond donors (Lipinski definition) is 1. The maximum Gasteiger partial charge on any atom is 0.257 e. The number of nitrogens with zero attached hydrogens (tertiary/aromatic N) is 3. The summed E-state index contributed by atoms with van der Waals surface area (Å²) in [5.74, 6) is 1.65. The summed E-state index contributed by atoms with van der Waals surface area (Å²) >= 11 is 0. The van der Waals surface area contributed by atoms with Gasteiger partial charge in [0.25, 0.3) is 5.88 Å². The zero-order valence-corrected chi connectivity index (χ0v) is 11.6. The van der Waals surface area contributed by atoms with Gasteiger partial charge in [-0.15, -0.1) is 0 Å². The van der Waals surface area contributed by atoms with E-state index in [2.05, 4.69) is 9.88 Å². The van der Waals surface area contributed by atoms with Gasteiger partial charge < -0.3 is 14.7 Å². The first-order valence-electron chi connectivity index (χ1n) is 6.98. The highest BCUT2D eigenvalue weighted by molar-refractivity contribution is 5.77. The highest BCUT2D eigenvalue weighted by atomic mass is 16.5. The number of fused-ring (bicyclic) bond motifs is 1. The third-order valence-corrected chi connectivity index (χ3v) is 3.79. The van der Waals surface area contributed by atoms with Gasteiger partial charge in [0.15, 0.2) is 5.82 Å². The number of anilines is 1. The van der Waals surface area contributed by atoms with Crippen LogP contribution in [0, 0.1) is 5.92 Å². The molecule has 0 radical (unpaired) electrons. The second-order valence-corrected chi connectivity index (χ2v) is 5.18. The Morgan fingerprint density at radius 2 is 2.05 bits per heavy atom. The fourth-order valence-electron chi connectivity index (χ4n) is 2.72. The van der Waals surface area contributed by atoms with Gasteiger partial charge in [-0.3, -0.25) is 0 Å². The number of aromatic nitrogens is 2. The van der Waals surface area contributed by atoms with Crippen LogP contribution in [0.4, 0.5) is 5.82 Å². The van der Waals surface area contributed by atoms with E-state index < -0.39 is 0 Å². The Bertz CT molecular complexity index is 603. The van der Waals surface area contributed by atoms with E-state index in [0.29, 0.717) is 11.8 Å². The number of ether oxygens (including phenoxy) is 1. The standard InChI is InChI=1S/C15H19N3O2/c1-20-15-14(18-8-4-5-11(9-18)10-19)16-12-6-2-3-7-13(12)17-15/h2-3,6-7,11,19H,4-5,8-10H2,1H3/t11-/m1/s1. The van der Waals surface area contributed by atoms with E-state index in [1.165, 1.54) is 0 Å². The highest BCUT2D eigenvalue weighted by Gasteiger charge is 2.23. The Kier molecular flexibility index (Phi) is 3.69. The van der Waals surface area contributed by atoms with Crippen LogP contribution in [0.15, 0.2) is 24.3 Å². The Labute approximate surface area is 118 Å². The van der Waals surface area contributed by atoms with Gasteiger partial charge in [0.05, 0.1) is 18.1 Å². The number of methoxy groups -OCH3 is 1. The highest BCUT2D eigenvalue weighted by Crippen LogP contribution is 2.30. The molecule has 1 aliphatic heterocycles. The van der Waals surface area contributed by atoms with Crippen LogP contribution in [0.5, 0.6) is 5.88 Å². The molecular formula is C15H19N3O2. The molecular weight excluding hydrogens is 254 g/mol. The van der Waals surface area contributed by atoms with Gasteiger partial charge in [-0.1, -0.05) is 12.1 Å². The normalized spacial score (nSPS) is 19.3. The van der Waals surface area contributed by atoms with Crippen LogP contribution >= 0.6 is 0 Å². The maximum atomic E-state index is 9.36. The minimum absolute atomic E-state index is 0.222. The molecule has 1 aromatic carbocycles. The van der Waals surface area contributed by atoms with E-state index in [9.17, 15) is 5.11 Å². The van der Waals surface area contributed by atoms with Crippen LogP contribution in [0.25, 0.3) is 11.0 Å². The molecule has 5 nitrogen and oxygen atoms in total. The molecule has 1 saturated heterocycles. The third kappa shape index (κ3) is 2.41. The van der Waals surface area contributed by atoms with Crippen molar-refractivity contribution in [3.8, 4) is 5.88 Å². The van der Waals surface area contributed by atoms with Gasteiger partial charge in [-0.2, -0.15) is 0 Å². The average molecular weight is 273 g/mol. The molecule has 2 aromatic rings. The molecule has 0 bridgehead atoms. The first kappa shape index (κ1) is 13.1. The van der Waals surface area contributed by atoms with Gasteiger partial charge in [0.1, 0.15) is 0 Å². The Balaban J connectivity index is 2.00. The summed E-state index contributed by atoms with van der Waals surface area (Å²) in [6, 6.07) is 7.79. The Morgan fingerprint density at radius 3 is 2.75 bits per heavy atom. The Morgan fingerprint density at radius 1 is 1.30 bits per heavy atom. The predicted octanol–water partition coefficient (Wildman–Crippen LogP) is 1.85. The zero-order valence-electron chi connectivity index (χ0n) is 11.6. The second kappa shape index (κ2) is 5.63. The van der Waals surface area contributed by atoms with Gasteiger partial charge in [0, 0.05) is 19.7 Å². The molecule has 1 aliphatic rings. The summed E-state index contributed by atoms with van der Waals surface area (Å²) < 4.78 is 5.40. The number of piperidine rings is 1. The van der Waals surface area contributed by atoms with Crippen molar-refractivity contribution < 1.29 is 9.84 Å². The van der Waals surface area contributed by atoms with Crippen LogP contribution in [-0.2, 0) is 0 Å². The second-order valence-electron chi connectivity index (χ2n) is 5.18. The molecule has 1 N–H and O–H groups in total. The molecule has 5 heteroatoms. The summed E-state index contributed by atoms with van der Waals surface area (Å²) in [6.45, 7) is 1.96. The lowest BCUT2D eigenvalue weighted by molar-refractivity contribution is 0.208. The number of hydrogen-bond acceptors (Lipinski definition) is 5. The fourth-order valence-corrected chi connectivity index (χ4v) is 2.72. The number of benzene rings is 1. The number of aliphatic hydroxyl groups is 1. The maximum absolute atomic E-state index is 9.36. The zero-order chi connectivity index (χ0) is 13.9. The van der Waals surface area contributed by atoms with Gasteiger partial charge in [0.2, 0.25) is 0 Å². The van der Waals surface area contributed by atoms with Crippen molar-refractivity contribution >= 4 is 16.9 Å². The minimum Gasteiger partial charge on any atom is -0.478 e. The summed E-state index contributed by atoms with van der Waals surface area (Å²) in [4.78, 5) is 11.4. The van der Waals surface area contributed by atoms with Crippen molar-refractivity contribution in [1.82, 2.24) is 9.97 Å². The van der Waals surface area contributed by atoms with Crippen molar-refractivity contribution in [2.75, 3.05) is 31.7 Å². The monoisotopic (exact) mass is 273 g/mol. The largest absolute Gasteiger partial charge is 0.478 e. The molecule has 0 amide bonds. The lowest BCUT2D eigenvalue weighted by Crippen LogP contribution is -2.37. The molecule has 2 heterocycles. The van der Waals surface area contributed by atoms with Crippen LogP contribution in [0.3, 0.4) is 0 Å². The molecule has 1 fully saturated rings. The molecule has 0 unspecified atom stereocenters. The molecule has 0 aliphatic carbocycles. The fraction of sp³-hybridized carbons (Fsp3) is 0.467. The van der Waals surface area contributed by atoms with Gasteiger partial charge in [-0.05, 0) is 30.9 Å². The molecule has 1 atom stereocenters. The van der Waals surface area contributed by atoms with Crippen LogP contribution < -0.4 is 9.64 Å². The van der Waals surface area contributed by atoms with E-state index in [1.807, 2.05) is 24.3 Å². The van der Waals surface area contributed by atoms with Crippen molar-refractivity contribution in [2.24, 2.45) is 5.92 Å². The quantitative estimate of drug-likeness (QED) is 0.924. The van der Waals surface area contributed by atoms with Crippen molar-refractivity contribution in [3.63, 3.8) is 0 Å². The summed E-state index contributed by atoms with van der Waals surface area (Å²) in [5, 5.41) is 9.36. The summed E-state index contributed by atoms with van der Waals surface area (Å²) in [6.07, 6.45) is 2.12. The number of rotatable bonds is 3. The molecule has 106 valence electrons. The van der Waals surface area contributed by atoms with Crippen LogP contribution in [-0.4, -0.2) is 41.9 Å². The Hall–Kier alpha value is -1.88. The molecule has 3 rings (SSSR count). The molecule has 0 saturated carbocycles. The lowest BCUT2D eigenvalue weighted by Gasteiger charge is -2.33. The van der Waals surface area contributed by atoms with Gasteiger partial charge in [-0.25, -0.2) is 9.97 Å². The molecule has 20 heavy (non-hydrogen) atoms. The average Bonchev–Trinajstić information content (AvgIpc) is 2.53. The van der Waals surface area contributed by atoms with E-state index in [4.69, 9.17) is 9.72 Å². The van der Waals surface area contributed by atoms with Gasteiger partial charge >= 0.3 is 0 Å². The topological polar surface area (TPSA) is 58.5 Å². The van der Waals surface area contributed by atoms with Crippen LogP contribution in [0.1, 0.15) is 12.8 Å². The summed E-state index contributed by atoms with van der Waals surface area (Å²) in [5.41, 5.74) is 1.71. The van der Waals surface area contributed by atoms with Crippen molar-refractivity contribution in [2.45, 2.75) is 12.8 Å². The SMILES string of the molecule is COc1nc2ccccc2nc1N1CCC[C@@H](CO)C1. The first-order chi connectivity index (χ1) is 9.81. The third-order valence-electron chi connectivity index (χ3n) is 3.79. The predicted molar refractivity (Wildman–Crippen MR) is 78.1 cm³/mol. The summed E-state index contributed by atoms with van der Waals surface area (Å²) in [7, 11) is 1.62. The van der Waals surface area contributed by atoms with Crippen molar-refractivity contribution in [3.05, 3.63) is 24.3 Å².